The number of rotatable bonds is 6. The van der Waals surface area contributed by atoms with Gasteiger partial charge in [0.05, 0.1) is 38.8 Å². The topological polar surface area (TPSA) is 73.0 Å². The summed E-state index contributed by atoms with van der Waals surface area (Å²) in [6, 6.07) is 6.67. The molecule has 2 heterocycles. The Bertz CT molecular complexity index is 914. The van der Waals surface area contributed by atoms with Crippen molar-refractivity contribution < 1.29 is 9.21 Å². The quantitative estimate of drug-likeness (QED) is 0.439. The molecule has 0 spiro atoms. The maximum atomic E-state index is 12.5. The van der Waals surface area contributed by atoms with Gasteiger partial charge < -0.3 is 14.3 Å². The summed E-state index contributed by atoms with van der Waals surface area (Å²) < 4.78 is 7.13. The van der Waals surface area contributed by atoms with Crippen LogP contribution in [0.15, 0.2) is 46.4 Å². The van der Waals surface area contributed by atoms with Gasteiger partial charge in [-0.2, -0.15) is 0 Å². The fraction of sp³-hybridized carbons (Fsp3) is 0.188. The fourth-order valence-corrected chi connectivity index (χ4v) is 3.50. The molecule has 1 unspecified atom stereocenters. The third kappa shape index (κ3) is 4.54. The van der Waals surface area contributed by atoms with Crippen molar-refractivity contribution in [1.29, 1.82) is 0 Å². The number of furan rings is 1. The van der Waals surface area contributed by atoms with Crippen molar-refractivity contribution in [2.45, 2.75) is 23.9 Å². The minimum Gasteiger partial charge on any atom is -0.467 e. The molecule has 0 aliphatic carbocycles. The number of carbonyl (C=O) groups excluding carboxylic acids is 1. The lowest BCUT2D eigenvalue weighted by Gasteiger charge is -2.13. The van der Waals surface area contributed by atoms with E-state index < -0.39 is 5.25 Å². The summed E-state index contributed by atoms with van der Waals surface area (Å²) in [7, 11) is 0. The van der Waals surface area contributed by atoms with Crippen molar-refractivity contribution in [3.63, 3.8) is 0 Å². The number of thioether (sulfide) groups is 1. The van der Waals surface area contributed by atoms with Crippen molar-refractivity contribution in [2.75, 3.05) is 5.32 Å². The van der Waals surface area contributed by atoms with Crippen LogP contribution in [-0.4, -0.2) is 25.9 Å². The van der Waals surface area contributed by atoms with Crippen LogP contribution in [0, 0.1) is 0 Å². The Labute approximate surface area is 168 Å². The number of hydrogen-bond donors (Lipinski definition) is 1. The van der Waals surface area contributed by atoms with Crippen LogP contribution in [0.5, 0.6) is 0 Å². The summed E-state index contributed by atoms with van der Waals surface area (Å²) in [4.78, 5) is 12.5. The van der Waals surface area contributed by atoms with Crippen LogP contribution in [0.3, 0.4) is 0 Å². The second kappa shape index (κ2) is 8.35. The van der Waals surface area contributed by atoms with E-state index in [2.05, 4.69) is 15.5 Å². The number of nitrogens with one attached hydrogen (secondary N) is 1. The van der Waals surface area contributed by atoms with Crippen LogP contribution >= 0.6 is 46.6 Å². The predicted octanol–water partition coefficient (Wildman–Crippen LogP) is 5.00. The molecule has 1 N–H and O–H groups in total. The highest BCUT2D eigenvalue weighted by Gasteiger charge is 2.20. The van der Waals surface area contributed by atoms with Crippen molar-refractivity contribution in [2.24, 2.45) is 0 Å². The highest BCUT2D eigenvalue weighted by Crippen LogP contribution is 2.33. The SMILES string of the molecule is CC(Sc1nncn1Cc1ccco1)C(=O)Nc1cc(Cl)c(Cl)cc1Cl. The zero-order chi connectivity index (χ0) is 18.7. The lowest BCUT2D eigenvalue weighted by Crippen LogP contribution is -2.23. The largest absolute Gasteiger partial charge is 0.467 e. The summed E-state index contributed by atoms with van der Waals surface area (Å²) in [5, 5.41) is 11.8. The van der Waals surface area contributed by atoms with Crippen molar-refractivity contribution in [3.05, 3.63) is 57.7 Å². The Morgan fingerprint density at radius 1 is 1.31 bits per heavy atom. The molecule has 0 saturated heterocycles. The standard InChI is InChI=1S/C16H13Cl3N4O2S/c1-9(15(24)21-14-6-12(18)11(17)5-13(14)19)26-16-22-20-8-23(16)7-10-3-2-4-25-10/h2-6,8-9H,7H2,1H3,(H,21,24). The van der Waals surface area contributed by atoms with E-state index in [0.29, 0.717) is 32.5 Å². The van der Waals surface area contributed by atoms with E-state index in [9.17, 15) is 4.79 Å². The average Bonchev–Trinajstić information content (AvgIpc) is 3.25. The van der Waals surface area contributed by atoms with Gasteiger partial charge in [0.25, 0.3) is 0 Å². The van der Waals surface area contributed by atoms with Crippen LogP contribution in [0.4, 0.5) is 5.69 Å². The van der Waals surface area contributed by atoms with Crippen molar-refractivity contribution in [1.82, 2.24) is 14.8 Å². The molecule has 0 aliphatic rings. The molecule has 26 heavy (non-hydrogen) atoms. The first-order valence-electron chi connectivity index (χ1n) is 7.46. The normalized spacial score (nSPS) is 12.2. The lowest BCUT2D eigenvalue weighted by atomic mass is 10.3. The molecule has 6 nitrogen and oxygen atoms in total. The van der Waals surface area contributed by atoms with Gasteiger partial charge in [-0.1, -0.05) is 46.6 Å². The van der Waals surface area contributed by atoms with E-state index in [-0.39, 0.29) is 5.91 Å². The summed E-state index contributed by atoms with van der Waals surface area (Å²) in [6.07, 6.45) is 3.19. The molecule has 0 radical (unpaired) electrons. The molecular formula is C16H13Cl3N4O2S. The Morgan fingerprint density at radius 3 is 2.81 bits per heavy atom. The lowest BCUT2D eigenvalue weighted by molar-refractivity contribution is -0.115. The van der Waals surface area contributed by atoms with Gasteiger partial charge in [-0.3, -0.25) is 4.79 Å². The predicted molar refractivity (Wildman–Crippen MR) is 103 cm³/mol. The highest BCUT2D eigenvalue weighted by molar-refractivity contribution is 8.00. The van der Waals surface area contributed by atoms with Crippen molar-refractivity contribution >= 4 is 58.2 Å². The number of carbonyl (C=O) groups is 1. The number of nitrogens with zero attached hydrogens (tertiary/aromatic N) is 3. The third-order valence-electron chi connectivity index (χ3n) is 3.41. The molecule has 3 rings (SSSR count). The molecule has 0 fully saturated rings. The summed E-state index contributed by atoms with van der Waals surface area (Å²) in [6.45, 7) is 2.24. The van der Waals surface area contributed by atoms with Gasteiger partial charge in [0.2, 0.25) is 5.91 Å². The fourth-order valence-electron chi connectivity index (χ4n) is 2.08. The molecule has 0 bridgehead atoms. The van der Waals surface area contributed by atoms with Gasteiger partial charge in [-0.25, -0.2) is 0 Å². The molecule has 1 aromatic carbocycles. The van der Waals surface area contributed by atoms with E-state index in [1.165, 1.54) is 23.9 Å². The molecule has 1 atom stereocenters. The van der Waals surface area contributed by atoms with Gasteiger partial charge in [0.1, 0.15) is 12.1 Å². The second-order valence-electron chi connectivity index (χ2n) is 5.32. The number of benzene rings is 1. The Kier molecular flexibility index (Phi) is 6.13. The number of amides is 1. The minimum absolute atomic E-state index is 0.247. The minimum atomic E-state index is -0.444. The number of hydrogen-bond acceptors (Lipinski definition) is 5. The van der Waals surface area contributed by atoms with Gasteiger partial charge in [0.15, 0.2) is 5.16 Å². The van der Waals surface area contributed by atoms with Gasteiger partial charge in [0, 0.05) is 0 Å². The third-order valence-corrected chi connectivity index (χ3v) is 5.54. The molecule has 2 aromatic heterocycles. The zero-order valence-corrected chi connectivity index (χ0v) is 16.5. The van der Waals surface area contributed by atoms with Crippen LogP contribution in [0.25, 0.3) is 0 Å². The number of aromatic nitrogens is 3. The van der Waals surface area contributed by atoms with Gasteiger partial charge in [-0.05, 0) is 31.2 Å². The average molecular weight is 432 g/mol. The van der Waals surface area contributed by atoms with Gasteiger partial charge in [-0.15, -0.1) is 10.2 Å². The summed E-state index contributed by atoms with van der Waals surface area (Å²) >= 11 is 19.2. The maximum Gasteiger partial charge on any atom is 0.237 e. The van der Waals surface area contributed by atoms with Gasteiger partial charge >= 0.3 is 0 Å². The first-order valence-corrected chi connectivity index (χ1v) is 9.47. The van der Waals surface area contributed by atoms with E-state index in [1.807, 2.05) is 12.1 Å². The van der Waals surface area contributed by atoms with Crippen LogP contribution in [0.2, 0.25) is 15.1 Å². The molecule has 1 amide bonds. The van der Waals surface area contributed by atoms with Crippen LogP contribution in [0.1, 0.15) is 12.7 Å². The van der Waals surface area contributed by atoms with E-state index >= 15 is 0 Å². The van der Waals surface area contributed by atoms with E-state index in [0.717, 1.165) is 5.76 Å². The van der Waals surface area contributed by atoms with E-state index in [4.69, 9.17) is 39.2 Å². The van der Waals surface area contributed by atoms with Crippen LogP contribution in [-0.2, 0) is 11.3 Å². The first kappa shape index (κ1) is 19.1. The Hall–Kier alpha value is -1.67. The molecule has 136 valence electrons. The summed E-state index contributed by atoms with van der Waals surface area (Å²) in [5.41, 5.74) is 0.399. The monoisotopic (exact) mass is 430 g/mol. The second-order valence-corrected chi connectivity index (χ2v) is 7.85. The first-order chi connectivity index (χ1) is 12.4. The number of halogens is 3. The smallest absolute Gasteiger partial charge is 0.237 e. The van der Waals surface area contributed by atoms with Crippen LogP contribution < -0.4 is 5.32 Å². The van der Waals surface area contributed by atoms with E-state index in [1.54, 1.807) is 24.1 Å². The molecule has 10 heteroatoms. The molecular weight excluding hydrogens is 419 g/mol. The highest BCUT2D eigenvalue weighted by atomic mass is 35.5. The molecule has 0 saturated carbocycles. The zero-order valence-electron chi connectivity index (χ0n) is 13.4. The maximum absolute atomic E-state index is 12.5. The summed E-state index contributed by atoms with van der Waals surface area (Å²) in [5.74, 6) is 0.522. The Balaban J connectivity index is 1.67. The Morgan fingerprint density at radius 2 is 2.08 bits per heavy atom. The van der Waals surface area contributed by atoms with Crippen molar-refractivity contribution in [3.8, 4) is 0 Å². The number of anilines is 1. The molecule has 3 aromatic rings. The molecule has 0 aliphatic heterocycles.